The van der Waals surface area contributed by atoms with Crippen LogP contribution in [-0.4, -0.2) is 55.3 Å². The molecule has 0 bridgehead atoms. The van der Waals surface area contributed by atoms with Gasteiger partial charge in [-0.15, -0.1) is 0 Å². The van der Waals surface area contributed by atoms with Crippen LogP contribution >= 0.6 is 0 Å². The Morgan fingerprint density at radius 3 is 2.50 bits per heavy atom. The lowest BCUT2D eigenvalue weighted by Crippen LogP contribution is -2.42. The minimum absolute atomic E-state index is 0.0622. The molecule has 9 heteroatoms. The van der Waals surface area contributed by atoms with Gasteiger partial charge in [0.1, 0.15) is 0 Å². The van der Waals surface area contributed by atoms with Crippen LogP contribution in [0.1, 0.15) is 18.2 Å². The predicted octanol–water partition coefficient (Wildman–Crippen LogP) is 2.33. The molecule has 1 aliphatic heterocycles. The number of amides is 2. The van der Waals surface area contributed by atoms with Gasteiger partial charge in [-0.3, -0.25) is 0 Å². The normalized spacial score (nSPS) is 12.8. The predicted molar refractivity (Wildman–Crippen MR) is 105 cm³/mol. The Bertz CT molecular complexity index is 833. The lowest BCUT2D eigenvalue weighted by molar-refractivity contribution is 0.192. The van der Waals surface area contributed by atoms with E-state index in [1.165, 1.54) is 0 Å². The van der Waals surface area contributed by atoms with Crippen LogP contribution in [0.2, 0.25) is 0 Å². The van der Waals surface area contributed by atoms with Crippen LogP contribution in [0.15, 0.2) is 18.3 Å². The first-order valence-electron chi connectivity index (χ1n) is 9.04. The molecule has 0 aliphatic carbocycles. The summed E-state index contributed by atoms with van der Waals surface area (Å²) < 4.78 is 16.1. The van der Waals surface area contributed by atoms with E-state index in [4.69, 9.17) is 14.2 Å². The quantitative estimate of drug-likeness (QED) is 0.785. The molecule has 9 nitrogen and oxygen atoms in total. The van der Waals surface area contributed by atoms with Gasteiger partial charge in [0.2, 0.25) is 11.7 Å². The molecule has 3 rings (SSSR count). The maximum absolute atomic E-state index is 12.0. The number of anilines is 2. The Morgan fingerprint density at radius 2 is 1.89 bits per heavy atom. The van der Waals surface area contributed by atoms with Crippen LogP contribution in [0.4, 0.5) is 16.4 Å². The van der Waals surface area contributed by atoms with E-state index >= 15 is 0 Å². The number of carbonyl (C=O) groups excluding carboxylic acids is 1. The molecule has 1 aliphatic rings. The van der Waals surface area contributed by atoms with Crippen LogP contribution in [-0.2, 0) is 13.0 Å². The first-order valence-corrected chi connectivity index (χ1v) is 9.04. The number of aromatic nitrogens is 2. The molecule has 28 heavy (non-hydrogen) atoms. The van der Waals surface area contributed by atoms with E-state index in [-0.39, 0.29) is 6.03 Å². The molecule has 2 N–H and O–H groups in total. The maximum atomic E-state index is 12.0. The molecule has 2 aromatic rings. The molecule has 2 heterocycles. The topological polar surface area (TPSA) is 97.8 Å². The van der Waals surface area contributed by atoms with Gasteiger partial charge in [-0.05, 0) is 6.92 Å². The number of carbonyl (C=O) groups is 1. The van der Waals surface area contributed by atoms with Gasteiger partial charge in [0.05, 0.1) is 33.6 Å². The molecule has 0 saturated heterocycles. The van der Waals surface area contributed by atoms with Gasteiger partial charge in [-0.2, -0.15) is 0 Å². The second-order valence-corrected chi connectivity index (χ2v) is 6.21. The largest absolute Gasteiger partial charge is 0.493 e. The van der Waals surface area contributed by atoms with Gasteiger partial charge in [0, 0.05) is 49.1 Å². The third kappa shape index (κ3) is 4.03. The summed E-state index contributed by atoms with van der Waals surface area (Å²) in [6.07, 6.45) is 2.44. The molecule has 0 radical (unpaired) electrons. The van der Waals surface area contributed by atoms with Crippen molar-refractivity contribution in [2.45, 2.75) is 19.9 Å². The van der Waals surface area contributed by atoms with Crippen LogP contribution in [0.25, 0.3) is 0 Å². The fourth-order valence-electron chi connectivity index (χ4n) is 3.10. The van der Waals surface area contributed by atoms with E-state index in [9.17, 15) is 4.79 Å². The minimum Gasteiger partial charge on any atom is -0.493 e. The second-order valence-electron chi connectivity index (χ2n) is 6.21. The van der Waals surface area contributed by atoms with Crippen molar-refractivity contribution in [3.05, 3.63) is 29.6 Å². The summed E-state index contributed by atoms with van der Waals surface area (Å²) >= 11 is 0. The third-order valence-corrected chi connectivity index (χ3v) is 4.47. The highest BCUT2D eigenvalue weighted by atomic mass is 16.5. The third-order valence-electron chi connectivity index (χ3n) is 4.47. The molecule has 0 saturated carbocycles. The molecule has 0 unspecified atom stereocenters. The molecular weight excluding hydrogens is 362 g/mol. The zero-order chi connectivity index (χ0) is 20.1. The van der Waals surface area contributed by atoms with Crippen molar-refractivity contribution in [1.29, 1.82) is 0 Å². The number of hydrogen-bond acceptors (Lipinski definition) is 7. The monoisotopic (exact) mass is 387 g/mol. The van der Waals surface area contributed by atoms with Crippen LogP contribution in [0.5, 0.6) is 17.2 Å². The first kappa shape index (κ1) is 19.5. The Labute approximate surface area is 164 Å². The number of urea groups is 1. The van der Waals surface area contributed by atoms with Crippen LogP contribution < -0.4 is 24.8 Å². The smallest absolute Gasteiger partial charge is 0.317 e. The number of hydrogen-bond donors (Lipinski definition) is 2. The van der Waals surface area contributed by atoms with Gasteiger partial charge in [-0.25, -0.2) is 14.8 Å². The summed E-state index contributed by atoms with van der Waals surface area (Å²) in [5.74, 6) is 2.08. The number of nitrogens with zero attached hydrogens (tertiary/aromatic N) is 3. The first-order chi connectivity index (χ1) is 13.6. The van der Waals surface area contributed by atoms with E-state index in [1.54, 1.807) is 44.6 Å². The van der Waals surface area contributed by atoms with Crippen molar-refractivity contribution in [3.8, 4) is 17.2 Å². The summed E-state index contributed by atoms with van der Waals surface area (Å²) in [6, 6.07) is 3.52. The summed E-state index contributed by atoms with van der Waals surface area (Å²) in [7, 11) is 4.69. The lowest BCUT2D eigenvalue weighted by atomic mass is 10.1. The van der Waals surface area contributed by atoms with Crippen molar-refractivity contribution in [2.75, 3.05) is 39.7 Å². The van der Waals surface area contributed by atoms with Gasteiger partial charge >= 0.3 is 6.03 Å². The zero-order valence-corrected chi connectivity index (χ0v) is 16.5. The number of rotatable bonds is 6. The van der Waals surface area contributed by atoms with Crippen molar-refractivity contribution < 1.29 is 19.0 Å². The molecule has 2 amide bonds. The number of methoxy groups -OCH3 is 3. The number of nitrogens with one attached hydrogen (secondary N) is 2. The van der Waals surface area contributed by atoms with Gasteiger partial charge in [0.25, 0.3) is 0 Å². The summed E-state index contributed by atoms with van der Waals surface area (Å²) in [5.41, 5.74) is 2.60. The van der Waals surface area contributed by atoms with Crippen molar-refractivity contribution >= 4 is 17.7 Å². The van der Waals surface area contributed by atoms with Crippen LogP contribution in [0.3, 0.4) is 0 Å². The lowest BCUT2D eigenvalue weighted by Gasteiger charge is -2.28. The second kappa shape index (κ2) is 8.64. The number of ether oxygens (including phenoxy) is 3. The molecule has 1 aromatic heterocycles. The van der Waals surface area contributed by atoms with Gasteiger partial charge < -0.3 is 29.7 Å². The standard InChI is InChI=1S/C19H25N5O4/c1-5-20-19(25)24-7-6-14-12(11-24)10-21-18(23-14)22-13-8-15(26-2)17(28-4)16(9-13)27-3/h8-10H,5-7,11H2,1-4H3,(H,20,25)(H,21,22,23). The van der Waals surface area contributed by atoms with E-state index in [0.717, 1.165) is 11.3 Å². The molecule has 0 atom stereocenters. The minimum atomic E-state index is -0.0622. The summed E-state index contributed by atoms with van der Waals surface area (Å²) in [6.45, 7) is 3.64. The van der Waals surface area contributed by atoms with Crippen molar-refractivity contribution in [2.24, 2.45) is 0 Å². The summed E-state index contributed by atoms with van der Waals surface area (Å²) in [5, 5.41) is 6.00. The van der Waals surface area contributed by atoms with Gasteiger partial charge in [0.15, 0.2) is 11.5 Å². The SMILES string of the molecule is CCNC(=O)N1CCc2nc(Nc3cc(OC)c(OC)c(OC)c3)ncc2C1. The zero-order valence-electron chi connectivity index (χ0n) is 16.5. The Hall–Kier alpha value is -3.23. The average Bonchev–Trinajstić information content (AvgIpc) is 2.72. The molecular formula is C19H25N5O4. The Kier molecular flexibility index (Phi) is 6.03. The fourth-order valence-corrected chi connectivity index (χ4v) is 3.10. The van der Waals surface area contributed by atoms with E-state index in [2.05, 4.69) is 20.6 Å². The highest BCUT2D eigenvalue weighted by Crippen LogP contribution is 2.40. The molecule has 0 fully saturated rings. The molecule has 0 spiro atoms. The molecule has 1 aromatic carbocycles. The molecule has 150 valence electrons. The van der Waals surface area contributed by atoms with Crippen molar-refractivity contribution in [1.82, 2.24) is 20.2 Å². The highest BCUT2D eigenvalue weighted by Gasteiger charge is 2.22. The number of fused-ring (bicyclic) bond motifs is 1. The van der Waals surface area contributed by atoms with Crippen LogP contribution in [0, 0.1) is 0 Å². The Morgan fingerprint density at radius 1 is 1.18 bits per heavy atom. The Balaban J connectivity index is 1.79. The van der Waals surface area contributed by atoms with E-state index in [1.807, 2.05) is 6.92 Å². The maximum Gasteiger partial charge on any atom is 0.317 e. The highest BCUT2D eigenvalue weighted by molar-refractivity contribution is 5.74. The fraction of sp³-hybridized carbons (Fsp3) is 0.421. The van der Waals surface area contributed by atoms with Crippen molar-refractivity contribution in [3.63, 3.8) is 0 Å². The van der Waals surface area contributed by atoms with Gasteiger partial charge in [-0.1, -0.05) is 0 Å². The number of benzene rings is 1. The average molecular weight is 387 g/mol. The van der Waals surface area contributed by atoms with E-state index in [0.29, 0.717) is 54.9 Å². The summed E-state index contributed by atoms with van der Waals surface area (Å²) in [4.78, 5) is 22.8. The van der Waals surface area contributed by atoms with E-state index < -0.39 is 0 Å².